The molecule has 2 saturated heterocycles. The molecule has 50 heavy (non-hydrogen) atoms. The van der Waals surface area contributed by atoms with E-state index in [1.165, 1.54) is 36.4 Å². The Morgan fingerprint density at radius 1 is 0.660 bits per heavy atom. The Morgan fingerprint density at radius 2 is 1.04 bits per heavy atom. The number of ether oxygens (including phenoxy) is 2. The number of rotatable bonds is 18. The Labute approximate surface area is 289 Å². The maximum absolute atomic E-state index is 12.1. The van der Waals surface area contributed by atoms with Crippen molar-refractivity contribution in [1.29, 1.82) is 0 Å². The van der Waals surface area contributed by atoms with Crippen molar-refractivity contribution in [2.45, 2.75) is 76.3 Å². The molecule has 2 heterocycles. The van der Waals surface area contributed by atoms with Crippen LogP contribution >= 0.6 is 0 Å². The molecule has 14 heteroatoms. The molecule has 0 saturated carbocycles. The van der Waals surface area contributed by atoms with Gasteiger partial charge in [-0.15, -0.1) is 0 Å². The van der Waals surface area contributed by atoms with Crippen molar-refractivity contribution >= 4 is 34.7 Å². The SMILES string of the molecule is O=C(O)c1cc(OCCCCC2CCCN2c2ccc([N+](=O)[O-])cc2)c(C(=O)O)cc1OCCCCC1CCCN1c1ccc([N+](=O)[O-])cc1. The summed E-state index contributed by atoms with van der Waals surface area (Å²) in [7, 11) is 0. The second-order valence-electron chi connectivity index (χ2n) is 12.7. The lowest BCUT2D eigenvalue weighted by Gasteiger charge is -2.27. The minimum absolute atomic E-state index is 0.0248. The zero-order chi connectivity index (χ0) is 35.6. The normalized spacial score (nSPS) is 17.1. The topological polar surface area (TPSA) is 186 Å². The quantitative estimate of drug-likeness (QED) is 0.0770. The van der Waals surface area contributed by atoms with E-state index < -0.39 is 21.8 Å². The van der Waals surface area contributed by atoms with Crippen LogP contribution in [0.3, 0.4) is 0 Å². The van der Waals surface area contributed by atoms with Crippen molar-refractivity contribution in [1.82, 2.24) is 0 Å². The van der Waals surface area contributed by atoms with Crippen molar-refractivity contribution in [3.63, 3.8) is 0 Å². The molecule has 0 aliphatic carbocycles. The second kappa shape index (κ2) is 16.8. The third-order valence-electron chi connectivity index (χ3n) is 9.46. The summed E-state index contributed by atoms with van der Waals surface area (Å²) in [6.07, 6.45) is 8.67. The van der Waals surface area contributed by atoms with Crippen LogP contribution in [0.1, 0.15) is 84.9 Å². The third-order valence-corrected chi connectivity index (χ3v) is 9.46. The Kier molecular flexibility index (Phi) is 12.1. The van der Waals surface area contributed by atoms with Crippen LogP contribution in [0.25, 0.3) is 0 Å². The maximum atomic E-state index is 12.1. The number of nitro benzene ring substituents is 2. The Morgan fingerprint density at radius 3 is 1.38 bits per heavy atom. The zero-order valence-corrected chi connectivity index (χ0v) is 27.8. The molecule has 2 aliphatic heterocycles. The first-order valence-electron chi connectivity index (χ1n) is 17.0. The van der Waals surface area contributed by atoms with Crippen LogP contribution in [-0.2, 0) is 0 Å². The van der Waals surface area contributed by atoms with E-state index in [0.717, 1.165) is 75.8 Å². The molecule has 0 aromatic heterocycles. The molecule has 2 atom stereocenters. The average molecular weight is 691 g/mol. The average Bonchev–Trinajstić information content (AvgIpc) is 3.78. The van der Waals surface area contributed by atoms with Crippen LogP contribution < -0.4 is 19.3 Å². The van der Waals surface area contributed by atoms with Gasteiger partial charge >= 0.3 is 11.9 Å². The molecule has 2 N–H and O–H groups in total. The largest absolute Gasteiger partial charge is 0.493 e. The summed E-state index contributed by atoms with van der Waals surface area (Å²) in [6.45, 7) is 2.16. The van der Waals surface area contributed by atoms with Crippen LogP contribution in [0.4, 0.5) is 22.7 Å². The summed E-state index contributed by atoms with van der Waals surface area (Å²) in [4.78, 5) is 49.9. The summed E-state index contributed by atoms with van der Waals surface area (Å²) < 4.78 is 11.6. The summed E-state index contributed by atoms with van der Waals surface area (Å²) in [5, 5.41) is 41.7. The summed E-state index contributed by atoms with van der Waals surface area (Å²) in [5.74, 6) is -2.55. The number of hydrogen-bond donors (Lipinski definition) is 2. The maximum Gasteiger partial charge on any atom is 0.339 e. The first-order chi connectivity index (χ1) is 24.1. The van der Waals surface area contributed by atoms with E-state index in [1.54, 1.807) is 24.3 Å². The van der Waals surface area contributed by atoms with E-state index in [0.29, 0.717) is 12.8 Å². The Bertz CT molecular complexity index is 1540. The Hall–Kier alpha value is -5.40. The predicted molar refractivity (Wildman–Crippen MR) is 186 cm³/mol. The van der Waals surface area contributed by atoms with Gasteiger partial charge in [0.25, 0.3) is 11.4 Å². The first kappa shape index (κ1) is 35.9. The molecule has 0 spiro atoms. The van der Waals surface area contributed by atoms with E-state index >= 15 is 0 Å². The van der Waals surface area contributed by atoms with Gasteiger partial charge in [0.1, 0.15) is 22.6 Å². The van der Waals surface area contributed by atoms with Gasteiger partial charge in [-0.25, -0.2) is 9.59 Å². The molecule has 266 valence electrons. The molecule has 14 nitrogen and oxygen atoms in total. The van der Waals surface area contributed by atoms with Crippen LogP contribution in [0.2, 0.25) is 0 Å². The molecule has 2 unspecified atom stereocenters. The second-order valence-corrected chi connectivity index (χ2v) is 12.7. The van der Waals surface area contributed by atoms with Gasteiger partial charge in [0.15, 0.2) is 0 Å². The van der Waals surface area contributed by atoms with Crippen molar-refractivity contribution in [3.05, 3.63) is 92.0 Å². The number of carboxylic acids is 2. The van der Waals surface area contributed by atoms with Crippen molar-refractivity contribution < 1.29 is 39.1 Å². The van der Waals surface area contributed by atoms with Crippen LogP contribution in [-0.4, -0.2) is 70.4 Å². The molecule has 2 fully saturated rings. The van der Waals surface area contributed by atoms with Gasteiger partial charge in [-0.05, 0) is 101 Å². The number of unbranched alkanes of at least 4 members (excludes halogenated alkanes) is 2. The fourth-order valence-corrected chi connectivity index (χ4v) is 6.94. The van der Waals surface area contributed by atoms with Gasteiger partial charge in [0, 0.05) is 60.8 Å². The molecule has 0 bridgehead atoms. The molecule has 3 aromatic carbocycles. The smallest absolute Gasteiger partial charge is 0.339 e. The van der Waals surface area contributed by atoms with Crippen LogP contribution in [0.5, 0.6) is 11.5 Å². The summed E-state index contributed by atoms with van der Waals surface area (Å²) in [5.41, 5.74) is 1.66. The number of carbonyl (C=O) groups is 2. The predicted octanol–water partition coefficient (Wildman–Crippen LogP) is 7.34. The fraction of sp³-hybridized carbons (Fsp3) is 0.444. The number of nitro groups is 2. The van der Waals surface area contributed by atoms with Crippen LogP contribution in [0.15, 0.2) is 60.7 Å². The van der Waals surface area contributed by atoms with E-state index in [4.69, 9.17) is 9.47 Å². The highest BCUT2D eigenvalue weighted by molar-refractivity contribution is 5.97. The first-order valence-corrected chi connectivity index (χ1v) is 17.0. The molecule has 2 aliphatic rings. The van der Waals surface area contributed by atoms with E-state index in [1.807, 2.05) is 0 Å². The van der Waals surface area contributed by atoms with Gasteiger partial charge < -0.3 is 29.5 Å². The number of hydrogen-bond acceptors (Lipinski definition) is 10. The lowest BCUT2D eigenvalue weighted by molar-refractivity contribution is -0.385. The van der Waals surface area contributed by atoms with Crippen molar-refractivity contribution in [2.24, 2.45) is 0 Å². The van der Waals surface area contributed by atoms with E-state index in [-0.39, 0.29) is 59.3 Å². The van der Waals surface area contributed by atoms with E-state index in [2.05, 4.69) is 9.80 Å². The summed E-state index contributed by atoms with van der Waals surface area (Å²) in [6, 6.07) is 16.1. The van der Waals surface area contributed by atoms with Gasteiger partial charge in [-0.1, -0.05) is 0 Å². The molecule has 3 aromatic rings. The molecular weight excluding hydrogens is 648 g/mol. The van der Waals surface area contributed by atoms with Gasteiger partial charge in [-0.2, -0.15) is 0 Å². The van der Waals surface area contributed by atoms with Gasteiger partial charge in [0.2, 0.25) is 0 Å². The van der Waals surface area contributed by atoms with Gasteiger partial charge in [-0.3, -0.25) is 20.2 Å². The molecule has 0 amide bonds. The monoisotopic (exact) mass is 690 g/mol. The number of benzene rings is 3. The van der Waals surface area contributed by atoms with Gasteiger partial charge in [0.05, 0.1) is 23.1 Å². The Balaban J connectivity index is 1.10. The standard InChI is InChI=1S/C36H42N4O10/c41-35(42)31-24-34(50-22-4-2-8-26-10-6-20-38(26)28-13-17-30(18-14-28)40(47)48)32(36(43)44)23-33(31)49-21-3-1-7-25-9-5-19-37(25)27-11-15-29(16-12-27)39(45)46/h11-18,23-26H,1-10,19-22H2,(H,41,42)(H,43,44). The highest BCUT2D eigenvalue weighted by Gasteiger charge is 2.27. The molecule has 0 radical (unpaired) electrons. The lowest BCUT2D eigenvalue weighted by Crippen LogP contribution is -2.29. The van der Waals surface area contributed by atoms with Crippen LogP contribution in [0, 0.1) is 20.2 Å². The molecular formula is C36H42N4O10. The fourth-order valence-electron chi connectivity index (χ4n) is 6.94. The minimum Gasteiger partial charge on any atom is -0.493 e. The zero-order valence-electron chi connectivity index (χ0n) is 27.8. The number of non-ortho nitro benzene ring substituents is 2. The number of carboxylic acid groups (broad SMARTS) is 2. The highest BCUT2D eigenvalue weighted by atomic mass is 16.6. The van der Waals surface area contributed by atoms with Crippen molar-refractivity contribution in [3.8, 4) is 11.5 Å². The molecule has 5 rings (SSSR count). The van der Waals surface area contributed by atoms with Crippen molar-refractivity contribution in [2.75, 3.05) is 36.1 Å². The number of anilines is 2. The highest BCUT2D eigenvalue weighted by Crippen LogP contribution is 2.33. The number of nitrogens with zero attached hydrogens (tertiary/aromatic N) is 4. The minimum atomic E-state index is -1.25. The third kappa shape index (κ3) is 8.98. The number of aromatic carboxylic acids is 2. The van der Waals surface area contributed by atoms with E-state index in [9.17, 15) is 40.0 Å². The lowest BCUT2D eigenvalue weighted by atomic mass is 10.1. The summed E-state index contributed by atoms with van der Waals surface area (Å²) >= 11 is 0.